The van der Waals surface area contributed by atoms with E-state index in [9.17, 15) is 0 Å². The van der Waals surface area contributed by atoms with Gasteiger partial charge >= 0.3 is 0 Å². The lowest BCUT2D eigenvalue weighted by Gasteiger charge is -2.22. The number of hydrogen-bond donors (Lipinski definition) is 2. The topological polar surface area (TPSA) is 40.7 Å². The van der Waals surface area contributed by atoms with Gasteiger partial charge < -0.3 is 10.3 Å². The average molecular weight is 223 g/mol. The highest BCUT2D eigenvalue weighted by Gasteiger charge is 2.26. The van der Waals surface area contributed by atoms with Crippen LogP contribution in [0.15, 0.2) is 6.07 Å². The van der Waals surface area contributed by atoms with Gasteiger partial charge in [-0.1, -0.05) is 12.2 Å². The van der Waals surface area contributed by atoms with E-state index in [0.29, 0.717) is 10.6 Å². The van der Waals surface area contributed by atoms with Crippen molar-refractivity contribution in [2.75, 3.05) is 5.32 Å². The minimum Gasteiger partial charge on any atom is -0.367 e. The minimum absolute atomic E-state index is 0.0421. The first-order valence-electron chi connectivity index (χ1n) is 5.33. The largest absolute Gasteiger partial charge is 0.367 e. The molecule has 1 aromatic rings. The lowest BCUT2D eigenvalue weighted by Crippen LogP contribution is -2.26. The van der Waals surface area contributed by atoms with Crippen LogP contribution in [0, 0.1) is 4.64 Å². The lowest BCUT2D eigenvalue weighted by molar-refractivity contribution is 0.628. The summed E-state index contributed by atoms with van der Waals surface area (Å²) in [6.07, 6.45) is 2.47. The van der Waals surface area contributed by atoms with E-state index in [4.69, 9.17) is 12.2 Å². The Kier molecular flexibility index (Phi) is 2.54. The summed E-state index contributed by atoms with van der Waals surface area (Å²) < 4.78 is 0.669. The standard InChI is InChI=1S/C11H17N3S/c1-11(2,3)14-8-6-9(15)13-10(12-8)7-4-5-7/h6-7H,4-5H2,1-3H3,(H2,12,13,14,15). The van der Waals surface area contributed by atoms with Crippen LogP contribution < -0.4 is 5.32 Å². The van der Waals surface area contributed by atoms with Gasteiger partial charge in [0.1, 0.15) is 16.3 Å². The van der Waals surface area contributed by atoms with Crippen LogP contribution in [0.5, 0.6) is 0 Å². The number of nitrogens with one attached hydrogen (secondary N) is 2. The van der Waals surface area contributed by atoms with Gasteiger partial charge in [0.25, 0.3) is 0 Å². The molecule has 0 atom stereocenters. The molecular formula is C11H17N3S. The first kappa shape index (κ1) is 10.6. The van der Waals surface area contributed by atoms with Gasteiger partial charge in [-0.15, -0.1) is 0 Å². The Bertz CT molecular complexity index is 413. The van der Waals surface area contributed by atoms with Gasteiger partial charge in [-0.3, -0.25) is 0 Å². The molecule has 1 aliphatic carbocycles. The molecule has 1 saturated carbocycles. The second-order valence-electron chi connectivity index (χ2n) is 5.17. The van der Waals surface area contributed by atoms with Crippen LogP contribution in [0.25, 0.3) is 0 Å². The van der Waals surface area contributed by atoms with E-state index < -0.39 is 0 Å². The van der Waals surface area contributed by atoms with E-state index in [2.05, 4.69) is 36.1 Å². The van der Waals surface area contributed by atoms with Gasteiger partial charge in [-0.05, 0) is 33.6 Å². The van der Waals surface area contributed by atoms with Crippen molar-refractivity contribution >= 4 is 18.0 Å². The van der Waals surface area contributed by atoms with Gasteiger partial charge in [-0.25, -0.2) is 4.98 Å². The SMILES string of the molecule is CC(C)(C)Nc1cc(=S)nc(C2CC2)[nH]1. The first-order valence-corrected chi connectivity index (χ1v) is 5.74. The highest BCUT2D eigenvalue weighted by Crippen LogP contribution is 2.38. The number of nitrogens with zero attached hydrogens (tertiary/aromatic N) is 1. The second-order valence-corrected chi connectivity index (χ2v) is 5.59. The van der Waals surface area contributed by atoms with Crippen molar-refractivity contribution in [2.24, 2.45) is 0 Å². The van der Waals surface area contributed by atoms with E-state index in [-0.39, 0.29) is 5.54 Å². The van der Waals surface area contributed by atoms with Gasteiger partial charge in [0.05, 0.1) is 0 Å². The molecule has 1 aliphatic rings. The molecule has 2 N–H and O–H groups in total. The zero-order valence-corrected chi connectivity index (χ0v) is 10.2. The first-order chi connectivity index (χ1) is 6.94. The average Bonchev–Trinajstić information content (AvgIpc) is 2.80. The maximum atomic E-state index is 5.15. The smallest absolute Gasteiger partial charge is 0.131 e. The van der Waals surface area contributed by atoms with E-state index in [1.54, 1.807) is 0 Å². The maximum Gasteiger partial charge on any atom is 0.131 e. The summed E-state index contributed by atoms with van der Waals surface area (Å²) in [5.41, 5.74) is 0.0421. The van der Waals surface area contributed by atoms with E-state index in [1.165, 1.54) is 12.8 Å². The van der Waals surface area contributed by atoms with Gasteiger partial charge in [-0.2, -0.15) is 0 Å². The molecule has 1 aromatic heterocycles. The number of aromatic amines is 1. The third kappa shape index (κ3) is 3.02. The zero-order valence-electron chi connectivity index (χ0n) is 9.42. The third-order valence-corrected chi connectivity index (χ3v) is 2.44. The monoisotopic (exact) mass is 223 g/mol. The molecule has 0 aromatic carbocycles. The molecule has 82 valence electrons. The van der Waals surface area contributed by atoms with E-state index >= 15 is 0 Å². The lowest BCUT2D eigenvalue weighted by atomic mass is 10.1. The predicted molar refractivity (Wildman–Crippen MR) is 64.8 cm³/mol. The number of hydrogen-bond acceptors (Lipinski definition) is 3. The molecule has 4 heteroatoms. The minimum atomic E-state index is 0.0421. The summed E-state index contributed by atoms with van der Waals surface area (Å²) in [5.74, 6) is 2.62. The summed E-state index contributed by atoms with van der Waals surface area (Å²) in [7, 11) is 0. The molecule has 0 radical (unpaired) electrons. The molecule has 0 saturated heterocycles. The molecule has 2 rings (SSSR count). The Morgan fingerprint density at radius 3 is 2.67 bits per heavy atom. The van der Waals surface area contributed by atoms with Crippen LogP contribution in [-0.4, -0.2) is 15.5 Å². The van der Waals surface area contributed by atoms with E-state index in [1.807, 2.05) is 6.07 Å². The normalized spacial score (nSPS) is 16.5. The molecule has 1 heterocycles. The Hall–Kier alpha value is -0.900. The number of aromatic nitrogens is 2. The van der Waals surface area contributed by atoms with Crippen LogP contribution in [0.2, 0.25) is 0 Å². The fourth-order valence-corrected chi connectivity index (χ4v) is 1.71. The highest BCUT2D eigenvalue weighted by atomic mass is 32.1. The zero-order chi connectivity index (χ0) is 11.1. The van der Waals surface area contributed by atoms with Crippen LogP contribution in [0.4, 0.5) is 5.82 Å². The van der Waals surface area contributed by atoms with Crippen LogP contribution in [0.3, 0.4) is 0 Å². The number of H-pyrrole nitrogens is 1. The predicted octanol–water partition coefficient (Wildman–Crippen LogP) is 3.23. The van der Waals surface area contributed by atoms with Gasteiger partial charge in [0.15, 0.2) is 0 Å². The van der Waals surface area contributed by atoms with E-state index in [0.717, 1.165) is 11.6 Å². The summed E-state index contributed by atoms with van der Waals surface area (Å²) >= 11 is 5.15. The van der Waals surface area contributed by atoms with Crippen molar-refractivity contribution in [3.8, 4) is 0 Å². The van der Waals surface area contributed by atoms with Crippen molar-refractivity contribution in [1.82, 2.24) is 9.97 Å². The molecule has 0 amide bonds. The van der Waals surface area contributed by atoms with Crippen molar-refractivity contribution in [2.45, 2.75) is 45.1 Å². The highest BCUT2D eigenvalue weighted by molar-refractivity contribution is 7.71. The summed E-state index contributed by atoms with van der Waals surface area (Å²) in [6.45, 7) is 6.38. The molecule has 0 unspecified atom stereocenters. The molecule has 0 bridgehead atoms. The van der Waals surface area contributed by atoms with Gasteiger partial charge in [0, 0.05) is 17.5 Å². The second kappa shape index (κ2) is 3.59. The molecule has 15 heavy (non-hydrogen) atoms. The van der Waals surface area contributed by atoms with Crippen molar-refractivity contribution < 1.29 is 0 Å². The molecule has 0 aliphatic heterocycles. The maximum absolute atomic E-state index is 5.15. The Labute approximate surface area is 95.3 Å². The molecule has 0 spiro atoms. The fourth-order valence-electron chi connectivity index (χ4n) is 1.50. The summed E-state index contributed by atoms with van der Waals surface area (Å²) in [5, 5.41) is 3.38. The molecule has 1 fully saturated rings. The third-order valence-electron chi connectivity index (χ3n) is 2.23. The summed E-state index contributed by atoms with van der Waals surface area (Å²) in [6, 6.07) is 1.88. The molecular weight excluding hydrogens is 206 g/mol. The van der Waals surface area contributed by atoms with Crippen molar-refractivity contribution in [3.05, 3.63) is 16.5 Å². The van der Waals surface area contributed by atoms with Crippen molar-refractivity contribution in [3.63, 3.8) is 0 Å². The van der Waals surface area contributed by atoms with Crippen LogP contribution in [-0.2, 0) is 0 Å². The quantitative estimate of drug-likeness (QED) is 0.756. The van der Waals surface area contributed by atoms with Gasteiger partial charge in [0.2, 0.25) is 0 Å². The number of anilines is 1. The van der Waals surface area contributed by atoms with Crippen molar-refractivity contribution in [1.29, 1.82) is 0 Å². The number of rotatable bonds is 2. The Morgan fingerprint density at radius 1 is 1.47 bits per heavy atom. The Morgan fingerprint density at radius 2 is 2.13 bits per heavy atom. The Balaban J connectivity index is 2.27. The summed E-state index contributed by atoms with van der Waals surface area (Å²) in [4.78, 5) is 7.66. The van der Waals surface area contributed by atoms with Crippen LogP contribution in [0.1, 0.15) is 45.4 Å². The van der Waals surface area contributed by atoms with Crippen LogP contribution >= 0.6 is 12.2 Å². The fraction of sp³-hybridized carbons (Fsp3) is 0.636. The molecule has 3 nitrogen and oxygen atoms in total.